The topological polar surface area (TPSA) is 117 Å². The van der Waals surface area contributed by atoms with Gasteiger partial charge >= 0.3 is 12.0 Å². The van der Waals surface area contributed by atoms with Crippen LogP contribution in [0.4, 0.5) is 21.7 Å². The molecule has 11 nitrogen and oxygen atoms in total. The SMILES string of the molecule is CCOC(=O)C1CCN(c2nsc(N3CCN(C(=O)Nc4noc5ccccc45)CC3)n2)CC1. The minimum Gasteiger partial charge on any atom is -0.466 e. The average molecular weight is 486 g/mol. The van der Waals surface area contributed by atoms with Crippen LogP contribution in [0, 0.1) is 5.92 Å². The van der Waals surface area contributed by atoms with Crippen molar-refractivity contribution in [3.05, 3.63) is 24.3 Å². The van der Waals surface area contributed by atoms with E-state index in [0.29, 0.717) is 50.1 Å². The van der Waals surface area contributed by atoms with Crippen molar-refractivity contribution >= 4 is 51.4 Å². The number of carbonyl (C=O) groups excluding carboxylic acids is 2. The Hall–Kier alpha value is -3.41. The first-order chi connectivity index (χ1) is 16.6. The van der Waals surface area contributed by atoms with Crippen LogP contribution in [0.3, 0.4) is 0 Å². The summed E-state index contributed by atoms with van der Waals surface area (Å²) in [6.45, 7) is 6.22. The molecule has 2 fully saturated rings. The number of rotatable bonds is 5. The summed E-state index contributed by atoms with van der Waals surface area (Å²) in [7, 11) is 0. The number of para-hydroxylation sites is 1. The number of fused-ring (bicyclic) bond motifs is 1. The highest BCUT2D eigenvalue weighted by atomic mass is 32.1. The number of carbonyl (C=O) groups is 2. The molecule has 2 aliphatic rings. The molecule has 34 heavy (non-hydrogen) atoms. The van der Waals surface area contributed by atoms with Gasteiger partial charge in [0.25, 0.3) is 0 Å². The van der Waals surface area contributed by atoms with E-state index in [2.05, 4.69) is 24.6 Å². The maximum Gasteiger partial charge on any atom is 0.323 e. The van der Waals surface area contributed by atoms with E-state index in [-0.39, 0.29) is 17.9 Å². The molecule has 1 N–H and O–H groups in total. The first-order valence-corrected chi connectivity index (χ1v) is 12.3. The van der Waals surface area contributed by atoms with E-state index in [9.17, 15) is 9.59 Å². The predicted octanol–water partition coefficient (Wildman–Crippen LogP) is 2.81. The molecule has 0 saturated carbocycles. The third-order valence-corrected chi connectivity index (χ3v) is 7.01. The van der Waals surface area contributed by atoms with E-state index < -0.39 is 0 Å². The van der Waals surface area contributed by atoms with Crippen molar-refractivity contribution in [1.29, 1.82) is 0 Å². The molecule has 2 saturated heterocycles. The van der Waals surface area contributed by atoms with Gasteiger partial charge < -0.3 is 24.0 Å². The molecular weight excluding hydrogens is 458 g/mol. The van der Waals surface area contributed by atoms with E-state index in [1.54, 1.807) is 4.90 Å². The Balaban J connectivity index is 1.12. The van der Waals surface area contributed by atoms with Gasteiger partial charge in [0.05, 0.1) is 17.9 Å². The zero-order chi connectivity index (χ0) is 23.5. The fourth-order valence-electron chi connectivity index (χ4n) is 4.30. The molecule has 12 heteroatoms. The lowest BCUT2D eigenvalue weighted by Gasteiger charge is -2.34. The van der Waals surface area contributed by atoms with Crippen molar-refractivity contribution in [2.45, 2.75) is 19.8 Å². The summed E-state index contributed by atoms with van der Waals surface area (Å²) in [5.41, 5.74) is 0.639. The number of hydrogen-bond donors (Lipinski definition) is 1. The summed E-state index contributed by atoms with van der Waals surface area (Å²) in [6.07, 6.45) is 1.50. The molecule has 5 rings (SSSR count). The van der Waals surface area contributed by atoms with Crippen molar-refractivity contribution in [3.63, 3.8) is 0 Å². The van der Waals surface area contributed by atoms with Crippen LogP contribution >= 0.6 is 11.5 Å². The number of piperidine rings is 1. The molecule has 0 bridgehead atoms. The second-order valence-electron chi connectivity index (χ2n) is 8.32. The van der Waals surface area contributed by atoms with Gasteiger partial charge in [0.2, 0.25) is 11.1 Å². The van der Waals surface area contributed by atoms with Gasteiger partial charge in [-0.2, -0.15) is 9.36 Å². The zero-order valence-electron chi connectivity index (χ0n) is 19.0. The first kappa shape index (κ1) is 22.4. The van der Waals surface area contributed by atoms with Gasteiger partial charge in [-0.25, -0.2) is 4.79 Å². The van der Waals surface area contributed by atoms with Gasteiger partial charge in [-0.1, -0.05) is 17.3 Å². The minimum atomic E-state index is -0.193. The van der Waals surface area contributed by atoms with Crippen LogP contribution in [0.15, 0.2) is 28.8 Å². The molecule has 0 unspecified atom stereocenters. The highest BCUT2D eigenvalue weighted by Gasteiger charge is 2.29. The molecule has 3 aromatic rings. The van der Waals surface area contributed by atoms with Gasteiger partial charge in [-0.05, 0) is 31.9 Å². The summed E-state index contributed by atoms with van der Waals surface area (Å²) in [4.78, 5) is 35.5. The van der Waals surface area contributed by atoms with Crippen molar-refractivity contribution < 1.29 is 18.8 Å². The van der Waals surface area contributed by atoms with E-state index in [1.165, 1.54) is 11.5 Å². The van der Waals surface area contributed by atoms with Gasteiger partial charge in [0, 0.05) is 50.8 Å². The highest BCUT2D eigenvalue weighted by Crippen LogP contribution is 2.27. The van der Waals surface area contributed by atoms with Crippen molar-refractivity contribution in [1.82, 2.24) is 19.4 Å². The number of piperazine rings is 1. The highest BCUT2D eigenvalue weighted by molar-refractivity contribution is 7.09. The second-order valence-corrected chi connectivity index (χ2v) is 9.05. The number of ether oxygens (including phenoxy) is 1. The molecule has 0 radical (unpaired) electrons. The molecule has 2 aromatic heterocycles. The summed E-state index contributed by atoms with van der Waals surface area (Å²) < 4.78 is 14.9. The van der Waals surface area contributed by atoms with E-state index in [1.807, 2.05) is 31.2 Å². The van der Waals surface area contributed by atoms with E-state index in [4.69, 9.17) is 14.2 Å². The first-order valence-electron chi connectivity index (χ1n) is 11.5. The Kier molecular flexibility index (Phi) is 6.48. The number of amides is 2. The molecule has 2 aliphatic heterocycles. The molecular formula is C22H27N7O4S. The van der Waals surface area contributed by atoms with Crippen molar-refractivity contribution in [3.8, 4) is 0 Å². The smallest absolute Gasteiger partial charge is 0.323 e. The van der Waals surface area contributed by atoms with Crippen LogP contribution in [0.25, 0.3) is 11.0 Å². The largest absolute Gasteiger partial charge is 0.466 e. The van der Waals surface area contributed by atoms with Crippen molar-refractivity contribution in [2.75, 3.05) is 61.0 Å². The number of anilines is 3. The Morgan fingerprint density at radius 1 is 1.12 bits per heavy atom. The lowest BCUT2D eigenvalue weighted by atomic mass is 9.97. The van der Waals surface area contributed by atoms with Gasteiger partial charge in [0.15, 0.2) is 11.4 Å². The minimum absolute atomic E-state index is 0.0382. The summed E-state index contributed by atoms with van der Waals surface area (Å²) in [5, 5.41) is 8.46. The summed E-state index contributed by atoms with van der Waals surface area (Å²) in [6, 6.07) is 7.23. The quantitative estimate of drug-likeness (QED) is 0.544. The fourth-order valence-corrected chi connectivity index (χ4v) is 5.04. The Labute approximate surface area is 200 Å². The molecule has 1 aromatic carbocycles. The second kappa shape index (κ2) is 9.84. The summed E-state index contributed by atoms with van der Waals surface area (Å²) in [5.74, 6) is 1.00. The molecule has 180 valence electrons. The molecule has 2 amide bonds. The monoisotopic (exact) mass is 485 g/mol. The number of esters is 1. The average Bonchev–Trinajstić information content (AvgIpc) is 3.52. The number of hydrogen-bond acceptors (Lipinski definition) is 10. The van der Waals surface area contributed by atoms with Gasteiger partial charge in [0.1, 0.15) is 0 Å². The zero-order valence-corrected chi connectivity index (χ0v) is 19.8. The van der Waals surface area contributed by atoms with Crippen LogP contribution in [0.1, 0.15) is 19.8 Å². The Morgan fingerprint density at radius 3 is 2.65 bits per heavy atom. The molecule has 0 atom stereocenters. The summed E-state index contributed by atoms with van der Waals surface area (Å²) >= 11 is 1.37. The van der Waals surface area contributed by atoms with Crippen LogP contribution in [-0.2, 0) is 9.53 Å². The fraction of sp³-hybridized carbons (Fsp3) is 0.500. The number of benzene rings is 1. The van der Waals surface area contributed by atoms with Gasteiger partial charge in [-0.15, -0.1) is 0 Å². The van der Waals surface area contributed by atoms with Gasteiger partial charge in [-0.3, -0.25) is 10.1 Å². The van der Waals surface area contributed by atoms with Crippen LogP contribution < -0.4 is 15.1 Å². The lowest BCUT2D eigenvalue weighted by molar-refractivity contribution is -0.148. The van der Waals surface area contributed by atoms with Crippen molar-refractivity contribution in [2.24, 2.45) is 5.92 Å². The van der Waals surface area contributed by atoms with Crippen LogP contribution in [-0.4, -0.2) is 77.3 Å². The maximum atomic E-state index is 12.7. The number of aromatic nitrogens is 3. The Bertz CT molecular complexity index is 1150. The lowest BCUT2D eigenvalue weighted by Crippen LogP contribution is -2.50. The van der Waals surface area contributed by atoms with E-state index >= 15 is 0 Å². The van der Waals surface area contributed by atoms with E-state index in [0.717, 1.165) is 36.4 Å². The standard InChI is InChI=1S/C22H27N7O4S/c1-2-32-19(30)15-7-9-27(10-8-15)20-24-22(34-26-20)29-13-11-28(12-14-29)21(31)23-18-16-5-3-4-6-17(16)33-25-18/h3-6,15H,2,7-14H2,1H3,(H,23,25,31). The normalized spacial score (nSPS) is 17.3. The molecule has 0 spiro atoms. The van der Waals surface area contributed by atoms with Crippen LogP contribution in [0.2, 0.25) is 0 Å². The number of nitrogens with one attached hydrogen (secondary N) is 1. The molecule has 4 heterocycles. The number of nitrogens with zero attached hydrogens (tertiary/aromatic N) is 6. The predicted molar refractivity (Wildman–Crippen MR) is 128 cm³/mol. The maximum absolute atomic E-state index is 12.7. The molecule has 0 aliphatic carbocycles. The van der Waals surface area contributed by atoms with Crippen LogP contribution in [0.5, 0.6) is 0 Å². The number of urea groups is 1. The third kappa shape index (κ3) is 4.63. The third-order valence-electron chi connectivity index (χ3n) is 6.24. The Morgan fingerprint density at radius 2 is 1.88 bits per heavy atom.